The average Bonchev–Trinajstić information content (AvgIpc) is 2.76. The molecule has 5 heteroatoms. The Balaban J connectivity index is 2.21. The van der Waals surface area contributed by atoms with Crippen LogP contribution in [0, 0.1) is 0 Å². The number of fused-ring (bicyclic) bond motifs is 1. The van der Waals surface area contributed by atoms with E-state index in [9.17, 15) is 13.2 Å². The molecule has 2 aromatic rings. The summed E-state index contributed by atoms with van der Waals surface area (Å²) in [5.74, 6) is 0. The summed E-state index contributed by atoms with van der Waals surface area (Å²) >= 11 is 0. The summed E-state index contributed by atoms with van der Waals surface area (Å²) in [7, 11) is 0. The lowest BCUT2D eigenvalue weighted by atomic mass is 10.1. The number of alkyl halides is 3. The molecule has 0 fully saturated rings. The SMILES string of the molecule is CC(C)NCc1cccc2c1ccn2CCC(F)(F)F. The highest BCUT2D eigenvalue weighted by atomic mass is 19.4. The molecule has 0 aliphatic heterocycles. The number of benzene rings is 1. The number of hydrogen-bond acceptors (Lipinski definition) is 1. The minimum Gasteiger partial charge on any atom is -0.347 e. The first-order valence-corrected chi connectivity index (χ1v) is 6.74. The number of aryl methyl sites for hydroxylation is 1. The second-order valence-corrected chi connectivity index (χ2v) is 5.26. The monoisotopic (exact) mass is 284 g/mol. The quantitative estimate of drug-likeness (QED) is 0.875. The van der Waals surface area contributed by atoms with Crippen LogP contribution < -0.4 is 5.32 Å². The van der Waals surface area contributed by atoms with Gasteiger partial charge in [-0.25, -0.2) is 0 Å². The third-order valence-electron chi connectivity index (χ3n) is 3.24. The predicted octanol–water partition coefficient (Wildman–Crippen LogP) is 4.09. The first-order chi connectivity index (χ1) is 9.37. The van der Waals surface area contributed by atoms with E-state index in [4.69, 9.17) is 0 Å². The summed E-state index contributed by atoms with van der Waals surface area (Å²) in [6.45, 7) is 4.82. The second-order valence-electron chi connectivity index (χ2n) is 5.26. The van der Waals surface area contributed by atoms with Crippen LogP contribution in [0.1, 0.15) is 25.8 Å². The van der Waals surface area contributed by atoms with Crippen molar-refractivity contribution >= 4 is 10.9 Å². The summed E-state index contributed by atoms with van der Waals surface area (Å²) in [6.07, 6.45) is -3.19. The molecule has 1 heterocycles. The van der Waals surface area contributed by atoms with Crippen molar-refractivity contribution < 1.29 is 13.2 Å². The molecule has 1 aromatic carbocycles. The largest absolute Gasteiger partial charge is 0.390 e. The zero-order chi connectivity index (χ0) is 14.8. The van der Waals surface area contributed by atoms with Crippen LogP contribution in [0.15, 0.2) is 30.5 Å². The van der Waals surface area contributed by atoms with Gasteiger partial charge in [-0.15, -0.1) is 0 Å². The van der Waals surface area contributed by atoms with Gasteiger partial charge in [0.05, 0.1) is 6.42 Å². The van der Waals surface area contributed by atoms with E-state index >= 15 is 0 Å². The van der Waals surface area contributed by atoms with E-state index in [2.05, 4.69) is 19.2 Å². The van der Waals surface area contributed by atoms with Crippen LogP contribution in [-0.4, -0.2) is 16.8 Å². The Labute approximate surface area is 116 Å². The fourth-order valence-corrected chi connectivity index (χ4v) is 2.20. The van der Waals surface area contributed by atoms with Crippen LogP contribution in [0.4, 0.5) is 13.2 Å². The lowest BCUT2D eigenvalue weighted by molar-refractivity contribution is -0.136. The number of nitrogens with zero attached hydrogens (tertiary/aromatic N) is 1. The number of halogens is 3. The molecule has 0 aliphatic carbocycles. The summed E-state index contributed by atoms with van der Waals surface area (Å²) in [5, 5.41) is 4.35. The van der Waals surface area contributed by atoms with E-state index in [0.717, 1.165) is 23.0 Å². The Morgan fingerprint density at radius 2 is 1.95 bits per heavy atom. The van der Waals surface area contributed by atoms with Crippen molar-refractivity contribution in [3.05, 3.63) is 36.0 Å². The van der Waals surface area contributed by atoms with Crippen LogP contribution in [0.5, 0.6) is 0 Å². The molecule has 0 bridgehead atoms. The fourth-order valence-electron chi connectivity index (χ4n) is 2.20. The Kier molecular flexibility index (Phi) is 4.38. The van der Waals surface area contributed by atoms with E-state index in [1.807, 2.05) is 24.3 Å². The van der Waals surface area contributed by atoms with E-state index in [1.165, 1.54) is 0 Å². The Hall–Kier alpha value is -1.49. The van der Waals surface area contributed by atoms with E-state index in [0.29, 0.717) is 6.04 Å². The maximum Gasteiger partial charge on any atom is 0.390 e. The molecule has 0 radical (unpaired) electrons. The number of hydrogen-bond donors (Lipinski definition) is 1. The minimum atomic E-state index is -4.12. The lowest BCUT2D eigenvalue weighted by Crippen LogP contribution is -2.21. The molecule has 0 saturated carbocycles. The molecule has 20 heavy (non-hydrogen) atoms. The van der Waals surface area contributed by atoms with Gasteiger partial charge in [-0.2, -0.15) is 13.2 Å². The minimum absolute atomic E-state index is 0.0337. The first-order valence-electron chi connectivity index (χ1n) is 6.74. The Morgan fingerprint density at radius 3 is 2.60 bits per heavy atom. The van der Waals surface area contributed by atoms with Gasteiger partial charge in [0, 0.05) is 36.2 Å². The molecule has 0 aliphatic rings. The van der Waals surface area contributed by atoms with Crippen molar-refractivity contribution in [2.45, 2.75) is 45.6 Å². The van der Waals surface area contributed by atoms with Crippen molar-refractivity contribution in [2.24, 2.45) is 0 Å². The highest BCUT2D eigenvalue weighted by Crippen LogP contribution is 2.24. The standard InChI is InChI=1S/C15H19F3N2/c1-11(2)19-10-12-4-3-5-14-13(12)6-8-20(14)9-7-15(16,17)18/h3-6,8,11,19H,7,9-10H2,1-2H3. The molecule has 1 N–H and O–H groups in total. The van der Waals surface area contributed by atoms with Crippen molar-refractivity contribution in [3.63, 3.8) is 0 Å². The molecule has 0 unspecified atom stereocenters. The fraction of sp³-hybridized carbons (Fsp3) is 0.467. The third-order valence-corrected chi connectivity index (χ3v) is 3.24. The molecule has 0 spiro atoms. The van der Waals surface area contributed by atoms with Crippen molar-refractivity contribution in [3.8, 4) is 0 Å². The lowest BCUT2D eigenvalue weighted by Gasteiger charge is -2.11. The van der Waals surface area contributed by atoms with Gasteiger partial charge in [-0.1, -0.05) is 26.0 Å². The maximum atomic E-state index is 12.3. The van der Waals surface area contributed by atoms with Crippen LogP contribution in [0.2, 0.25) is 0 Å². The Bertz CT molecular complexity index is 570. The average molecular weight is 284 g/mol. The van der Waals surface area contributed by atoms with Crippen LogP contribution in [0.3, 0.4) is 0 Å². The molecule has 0 saturated heterocycles. The van der Waals surface area contributed by atoms with E-state index in [-0.39, 0.29) is 6.54 Å². The van der Waals surface area contributed by atoms with Crippen LogP contribution in [0.25, 0.3) is 10.9 Å². The molecule has 0 atom stereocenters. The Morgan fingerprint density at radius 1 is 1.20 bits per heavy atom. The zero-order valence-corrected chi connectivity index (χ0v) is 11.7. The van der Waals surface area contributed by atoms with Crippen molar-refractivity contribution in [1.82, 2.24) is 9.88 Å². The predicted molar refractivity (Wildman–Crippen MR) is 74.6 cm³/mol. The number of rotatable bonds is 5. The van der Waals surface area contributed by atoms with Gasteiger partial charge in [0.1, 0.15) is 0 Å². The molecular weight excluding hydrogens is 265 g/mol. The molecular formula is C15H19F3N2. The van der Waals surface area contributed by atoms with Gasteiger partial charge < -0.3 is 9.88 Å². The van der Waals surface area contributed by atoms with Gasteiger partial charge in [0.2, 0.25) is 0 Å². The third kappa shape index (κ3) is 3.76. The van der Waals surface area contributed by atoms with Crippen LogP contribution >= 0.6 is 0 Å². The van der Waals surface area contributed by atoms with Gasteiger partial charge in [-0.05, 0) is 17.7 Å². The molecule has 1 aromatic heterocycles. The van der Waals surface area contributed by atoms with E-state index in [1.54, 1.807) is 10.8 Å². The zero-order valence-electron chi connectivity index (χ0n) is 11.7. The second kappa shape index (κ2) is 5.87. The van der Waals surface area contributed by atoms with Gasteiger partial charge in [0.25, 0.3) is 0 Å². The van der Waals surface area contributed by atoms with Gasteiger partial charge >= 0.3 is 6.18 Å². The first kappa shape index (κ1) is 14.9. The topological polar surface area (TPSA) is 17.0 Å². The normalized spacial score (nSPS) is 12.5. The summed E-state index contributed by atoms with van der Waals surface area (Å²) in [6, 6.07) is 8.03. The summed E-state index contributed by atoms with van der Waals surface area (Å²) < 4.78 is 38.6. The number of nitrogens with one attached hydrogen (secondary N) is 1. The highest BCUT2D eigenvalue weighted by molar-refractivity contribution is 5.83. The summed E-state index contributed by atoms with van der Waals surface area (Å²) in [5.41, 5.74) is 1.97. The molecule has 110 valence electrons. The summed E-state index contributed by atoms with van der Waals surface area (Å²) in [4.78, 5) is 0. The molecule has 2 rings (SSSR count). The smallest absolute Gasteiger partial charge is 0.347 e. The van der Waals surface area contributed by atoms with E-state index < -0.39 is 12.6 Å². The molecule has 0 amide bonds. The highest BCUT2D eigenvalue weighted by Gasteiger charge is 2.26. The van der Waals surface area contributed by atoms with Crippen molar-refractivity contribution in [1.29, 1.82) is 0 Å². The number of aromatic nitrogens is 1. The van der Waals surface area contributed by atoms with Gasteiger partial charge in [0.15, 0.2) is 0 Å². The van der Waals surface area contributed by atoms with Gasteiger partial charge in [-0.3, -0.25) is 0 Å². The maximum absolute atomic E-state index is 12.3. The van der Waals surface area contributed by atoms with Crippen LogP contribution in [-0.2, 0) is 13.1 Å². The van der Waals surface area contributed by atoms with Crippen molar-refractivity contribution in [2.75, 3.05) is 0 Å². The molecule has 2 nitrogen and oxygen atoms in total.